The number of nitrogens with two attached hydrogens (primary N) is 1. The van der Waals surface area contributed by atoms with E-state index in [1.807, 2.05) is 38.1 Å². The van der Waals surface area contributed by atoms with Gasteiger partial charge in [-0.15, -0.1) is 0 Å². The first kappa shape index (κ1) is 13.8. The van der Waals surface area contributed by atoms with Gasteiger partial charge in [-0.1, -0.05) is 24.6 Å². The summed E-state index contributed by atoms with van der Waals surface area (Å²) >= 11 is 5.96. The van der Waals surface area contributed by atoms with Gasteiger partial charge in [0.1, 0.15) is 11.5 Å². The van der Waals surface area contributed by atoms with Crippen molar-refractivity contribution < 1.29 is 4.74 Å². The van der Waals surface area contributed by atoms with Crippen LogP contribution in [0.4, 0.5) is 0 Å². The minimum absolute atomic E-state index is 0.0260. The van der Waals surface area contributed by atoms with Gasteiger partial charge >= 0.3 is 0 Å². The van der Waals surface area contributed by atoms with Gasteiger partial charge in [0.2, 0.25) is 0 Å². The molecule has 0 amide bonds. The Hall–Kier alpha value is -1.58. The topological polar surface area (TPSA) is 48.1 Å². The maximum Gasteiger partial charge on any atom is 0.145 e. The summed E-state index contributed by atoms with van der Waals surface area (Å²) in [5, 5.41) is 0.651. The molecule has 1 aromatic heterocycles. The minimum Gasteiger partial charge on any atom is -0.455 e. The smallest absolute Gasteiger partial charge is 0.145 e. The average Bonchev–Trinajstić information content (AvgIpc) is 2.43. The maximum absolute atomic E-state index is 5.96. The van der Waals surface area contributed by atoms with Crippen LogP contribution < -0.4 is 10.5 Å². The predicted molar refractivity (Wildman–Crippen MR) is 77.7 cm³/mol. The molecule has 19 heavy (non-hydrogen) atoms. The number of aryl methyl sites for hydroxylation is 1. The lowest BCUT2D eigenvalue weighted by Gasteiger charge is -2.11. The summed E-state index contributed by atoms with van der Waals surface area (Å²) in [6.07, 6.45) is 2.55. The average molecular weight is 277 g/mol. The molecule has 0 bridgehead atoms. The Morgan fingerprint density at radius 1 is 1.32 bits per heavy atom. The Kier molecular flexibility index (Phi) is 4.40. The highest BCUT2D eigenvalue weighted by Crippen LogP contribution is 2.27. The van der Waals surface area contributed by atoms with Gasteiger partial charge in [0.15, 0.2) is 0 Å². The van der Waals surface area contributed by atoms with Crippen molar-refractivity contribution in [1.82, 2.24) is 4.98 Å². The fourth-order valence-corrected chi connectivity index (χ4v) is 1.85. The van der Waals surface area contributed by atoms with E-state index in [0.29, 0.717) is 10.8 Å². The van der Waals surface area contributed by atoms with Crippen LogP contribution in [0.25, 0.3) is 0 Å². The lowest BCUT2D eigenvalue weighted by atomic mass is 10.1. The molecule has 0 fully saturated rings. The van der Waals surface area contributed by atoms with Crippen LogP contribution in [-0.4, -0.2) is 4.98 Å². The third-order valence-corrected chi connectivity index (χ3v) is 3.19. The van der Waals surface area contributed by atoms with Crippen LogP contribution >= 0.6 is 11.6 Å². The first-order valence-electron chi connectivity index (χ1n) is 6.25. The Balaban J connectivity index is 2.17. The first-order valence-corrected chi connectivity index (χ1v) is 6.63. The Morgan fingerprint density at radius 2 is 2.11 bits per heavy atom. The fraction of sp³-hybridized carbons (Fsp3) is 0.267. The van der Waals surface area contributed by atoms with E-state index in [2.05, 4.69) is 4.98 Å². The molecule has 0 radical (unpaired) electrons. The van der Waals surface area contributed by atoms with Crippen molar-refractivity contribution in [2.75, 3.05) is 0 Å². The molecular weight excluding hydrogens is 260 g/mol. The van der Waals surface area contributed by atoms with Crippen molar-refractivity contribution in [1.29, 1.82) is 0 Å². The van der Waals surface area contributed by atoms with Gasteiger partial charge in [-0.2, -0.15) is 0 Å². The van der Waals surface area contributed by atoms with Gasteiger partial charge in [0.25, 0.3) is 0 Å². The molecule has 100 valence electrons. The standard InChI is InChI=1S/C15H17ClN2O/c1-3-13(17)14-7-6-12(9-18-14)19-15-8-11(16)5-4-10(15)2/h4-9,13H,3,17H2,1-2H3/t13-/m0/s1. The molecule has 0 spiro atoms. The normalized spacial score (nSPS) is 12.2. The molecule has 1 heterocycles. The van der Waals surface area contributed by atoms with Crippen molar-refractivity contribution in [2.45, 2.75) is 26.3 Å². The van der Waals surface area contributed by atoms with Crippen LogP contribution in [0.1, 0.15) is 30.6 Å². The van der Waals surface area contributed by atoms with Crippen LogP contribution in [0.15, 0.2) is 36.5 Å². The van der Waals surface area contributed by atoms with Crippen LogP contribution in [0.2, 0.25) is 5.02 Å². The second-order valence-corrected chi connectivity index (χ2v) is 4.88. The molecule has 2 N–H and O–H groups in total. The lowest BCUT2D eigenvalue weighted by molar-refractivity contribution is 0.475. The van der Waals surface area contributed by atoms with E-state index in [1.54, 1.807) is 12.3 Å². The number of halogens is 1. The minimum atomic E-state index is -0.0260. The van der Waals surface area contributed by atoms with Crippen molar-refractivity contribution in [3.63, 3.8) is 0 Å². The van der Waals surface area contributed by atoms with Crippen LogP contribution in [0.3, 0.4) is 0 Å². The van der Waals surface area contributed by atoms with E-state index in [0.717, 1.165) is 23.4 Å². The fourth-order valence-electron chi connectivity index (χ4n) is 1.69. The number of benzene rings is 1. The molecule has 2 rings (SSSR count). The SMILES string of the molecule is CC[C@H](N)c1ccc(Oc2cc(Cl)ccc2C)cn1. The number of nitrogens with zero attached hydrogens (tertiary/aromatic N) is 1. The summed E-state index contributed by atoms with van der Waals surface area (Å²) < 4.78 is 5.77. The molecule has 0 saturated carbocycles. The van der Waals surface area contributed by atoms with E-state index < -0.39 is 0 Å². The molecule has 0 aliphatic carbocycles. The zero-order valence-electron chi connectivity index (χ0n) is 11.1. The Bertz CT molecular complexity index is 555. The molecule has 3 nitrogen and oxygen atoms in total. The van der Waals surface area contributed by atoms with E-state index in [-0.39, 0.29) is 6.04 Å². The highest BCUT2D eigenvalue weighted by molar-refractivity contribution is 6.30. The first-order chi connectivity index (χ1) is 9.10. The van der Waals surface area contributed by atoms with Crippen molar-refractivity contribution >= 4 is 11.6 Å². The summed E-state index contributed by atoms with van der Waals surface area (Å²) in [7, 11) is 0. The third-order valence-electron chi connectivity index (χ3n) is 2.96. The molecule has 4 heteroatoms. The Morgan fingerprint density at radius 3 is 2.74 bits per heavy atom. The van der Waals surface area contributed by atoms with Crippen LogP contribution in [0, 0.1) is 6.92 Å². The molecule has 0 unspecified atom stereocenters. The molecule has 0 aliphatic rings. The quantitative estimate of drug-likeness (QED) is 0.908. The molecule has 1 aromatic carbocycles. The van der Waals surface area contributed by atoms with Crippen LogP contribution in [-0.2, 0) is 0 Å². The van der Waals surface area contributed by atoms with E-state index in [9.17, 15) is 0 Å². The Labute approximate surface area is 118 Å². The molecule has 0 aliphatic heterocycles. The van der Waals surface area contributed by atoms with Gasteiger partial charge in [-0.3, -0.25) is 4.98 Å². The number of hydrogen-bond acceptors (Lipinski definition) is 3. The number of hydrogen-bond donors (Lipinski definition) is 1. The van der Waals surface area contributed by atoms with Crippen molar-refractivity contribution in [3.8, 4) is 11.5 Å². The zero-order chi connectivity index (χ0) is 13.8. The van der Waals surface area contributed by atoms with Crippen molar-refractivity contribution in [3.05, 3.63) is 52.8 Å². The van der Waals surface area contributed by atoms with Gasteiger partial charge in [0.05, 0.1) is 11.9 Å². The highest BCUT2D eigenvalue weighted by Gasteiger charge is 2.06. The summed E-state index contributed by atoms with van der Waals surface area (Å²) in [5.74, 6) is 1.42. The van der Waals surface area contributed by atoms with Crippen LogP contribution in [0.5, 0.6) is 11.5 Å². The highest BCUT2D eigenvalue weighted by atomic mass is 35.5. The summed E-state index contributed by atoms with van der Waals surface area (Å²) in [4.78, 5) is 4.31. The van der Waals surface area contributed by atoms with Gasteiger partial charge < -0.3 is 10.5 Å². The summed E-state index contributed by atoms with van der Waals surface area (Å²) in [6, 6.07) is 9.30. The van der Waals surface area contributed by atoms with E-state index >= 15 is 0 Å². The lowest BCUT2D eigenvalue weighted by Crippen LogP contribution is -2.10. The number of aromatic nitrogens is 1. The maximum atomic E-state index is 5.96. The number of rotatable bonds is 4. The van der Waals surface area contributed by atoms with Crippen molar-refractivity contribution in [2.24, 2.45) is 5.73 Å². The second kappa shape index (κ2) is 6.04. The van der Waals surface area contributed by atoms with Gasteiger partial charge in [-0.05, 0) is 43.2 Å². The monoisotopic (exact) mass is 276 g/mol. The molecule has 0 saturated heterocycles. The second-order valence-electron chi connectivity index (χ2n) is 4.45. The summed E-state index contributed by atoms with van der Waals surface area (Å²) in [6.45, 7) is 4.01. The third kappa shape index (κ3) is 3.46. The largest absolute Gasteiger partial charge is 0.455 e. The van der Waals surface area contributed by atoms with E-state index in [1.165, 1.54) is 0 Å². The predicted octanol–water partition coefficient (Wildman–Crippen LogP) is 4.25. The molecular formula is C15H17ClN2O. The number of pyridine rings is 1. The summed E-state index contributed by atoms with van der Waals surface area (Å²) in [5.41, 5.74) is 7.82. The van der Waals surface area contributed by atoms with E-state index in [4.69, 9.17) is 22.1 Å². The number of ether oxygens (including phenoxy) is 1. The molecule has 1 atom stereocenters. The van der Waals surface area contributed by atoms with Gasteiger partial charge in [0, 0.05) is 11.1 Å². The van der Waals surface area contributed by atoms with Gasteiger partial charge in [-0.25, -0.2) is 0 Å². The molecule has 2 aromatic rings. The zero-order valence-corrected chi connectivity index (χ0v) is 11.8.